The maximum Gasteiger partial charge on any atom is 0.341 e. The first-order valence-electron chi connectivity index (χ1n) is 10.5. The Balaban J connectivity index is 1.65. The minimum Gasteiger partial charge on any atom is -0.462 e. The molecule has 3 heterocycles. The molecule has 0 radical (unpaired) electrons. The first-order valence-corrected chi connectivity index (χ1v) is 13.1. The molecule has 9 nitrogen and oxygen atoms in total. The van der Waals surface area contributed by atoms with E-state index in [2.05, 4.69) is 10.4 Å². The zero-order chi connectivity index (χ0) is 23.8. The van der Waals surface area contributed by atoms with Gasteiger partial charge in [-0.15, -0.1) is 11.3 Å². The minimum atomic E-state index is -3.26. The van der Waals surface area contributed by atoms with Crippen molar-refractivity contribution in [3.05, 3.63) is 45.8 Å². The molecule has 1 aromatic carbocycles. The summed E-state index contributed by atoms with van der Waals surface area (Å²) in [7, 11) is -3.26. The fraction of sp³-hybridized carbons (Fsp3) is 0.364. The number of anilines is 2. The van der Waals surface area contributed by atoms with Gasteiger partial charge in [-0.2, -0.15) is 5.10 Å². The maximum absolute atomic E-state index is 13.0. The number of hydrogen-bond donors (Lipinski definition) is 1. The zero-order valence-corrected chi connectivity index (χ0v) is 19.8. The van der Waals surface area contributed by atoms with Crippen molar-refractivity contribution in [2.45, 2.75) is 38.9 Å². The Bertz CT molecular complexity index is 1280. The highest BCUT2D eigenvalue weighted by Gasteiger charge is 2.33. The van der Waals surface area contributed by atoms with Crippen LogP contribution in [0.2, 0.25) is 0 Å². The van der Waals surface area contributed by atoms with E-state index in [1.165, 1.54) is 5.01 Å². The third kappa shape index (κ3) is 4.83. The van der Waals surface area contributed by atoms with E-state index >= 15 is 0 Å². The predicted octanol–water partition coefficient (Wildman–Crippen LogP) is 2.83. The number of hydrazone groups is 1. The lowest BCUT2D eigenvalue weighted by Crippen LogP contribution is -2.36. The highest BCUT2D eigenvalue weighted by Crippen LogP contribution is 2.38. The fourth-order valence-electron chi connectivity index (χ4n) is 3.78. The number of nitrogens with zero attached hydrogens (tertiary/aromatic N) is 2. The largest absolute Gasteiger partial charge is 0.462 e. The smallest absolute Gasteiger partial charge is 0.341 e. The number of thiophene rings is 1. The van der Waals surface area contributed by atoms with Crippen molar-refractivity contribution in [2.75, 3.05) is 22.7 Å². The van der Waals surface area contributed by atoms with Crippen LogP contribution < -0.4 is 10.3 Å². The first kappa shape index (κ1) is 23.1. The van der Waals surface area contributed by atoms with E-state index in [1.54, 1.807) is 25.1 Å². The first-order chi connectivity index (χ1) is 15.7. The number of nitrogens with one attached hydrogen (secondary N) is 1. The molecule has 0 bridgehead atoms. The summed E-state index contributed by atoms with van der Waals surface area (Å²) < 4.78 is 29.3. The second-order valence-electron chi connectivity index (χ2n) is 7.82. The Morgan fingerprint density at radius 2 is 2.03 bits per heavy atom. The van der Waals surface area contributed by atoms with E-state index in [0.29, 0.717) is 16.1 Å². The SMILES string of the molecule is CCOC(=O)c1c(NC(=O)C2=NN(c3cccc(C)c3)C(=O)CC2)sc2c1CCS(=O)(=O)C2. The summed E-state index contributed by atoms with van der Waals surface area (Å²) in [4.78, 5) is 38.6. The molecule has 174 valence electrons. The Morgan fingerprint density at radius 3 is 2.76 bits per heavy atom. The fourth-order valence-corrected chi connectivity index (χ4v) is 6.82. The maximum atomic E-state index is 13.0. The molecule has 1 aromatic heterocycles. The van der Waals surface area contributed by atoms with Gasteiger partial charge in [0, 0.05) is 17.7 Å². The molecule has 11 heteroatoms. The summed E-state index contributed by atoms with van der Waals surface area (Å²) in [5, 5.41) is 8.43. The van der Waals surface area contributed by atoms with E-state index in [4.69, 9.17) is 4.74 Å². The Morgan fingerprint density at radius 1 is 1.24 bits per heavy atom. The summed E-state index contributed by atoms with van der Waals surface area (Å²) in [6.07, 6.45) is 0.458. The van der Waals surface area contributed by atoms with Crippen molar-refractivity contribution < 1.29 is 27.5 Å². The standard InChI is InChI=1S/C22H23N3O6S2/c1-3-31-22(28)19-15-9-10-33(29,30)12-17(15)32-21(19)23-20(27)16-7-8-18(26)25(24-16)14-6-4-5-13(2)11-14/h4-6,11H,3,7-10,12H2,1-2H3,(H,23,27). The minimum absolute atomic E-state index is 0.0587. The number of esters is 1. The number of ether oxygens (including phenoxy) is 1. The van der Waals surface area contributed by atoms with E-state index < -0.39 is 21.7 Å². The van der Waals surface area contributed by atoms with Gasteiger partial charge in [-0.1, -0.05) is 12.1 Å². The molecule has 0 unspecified atom stereocenters. The van der Waals surface area contributed by atoms with Gasteiger partial charge in [-0.05, 0) is 43.5 Å². The highest BCUT2D eigenvalue weighted by atomic mass is 32.2. The van der Waals surface area contributed by atoms with Gasteiger partial charge in [0.1, 0.15) is 10.7 Å². The van der Waals surface area contributed by atoms with Crippen LogP contribution in [-0.4, -0.2) is 44.3 Å². The van der Waals surface area contributed by atoms with Crippen LogP contribution in [0.3, 0.4) is 0 Å². The van der Waals surface area contributed by atoms with Crippen LogP contribution in [0.4, 0.5) is 10.7 Å². The normalized spacial score (nSPS) is 17.2. The number of sulfone groups is 1. The van der Waals surface area contributed by atoms with Crippen LogP contribution in [0, 0.1) is 6.92 Å². The monoisotopic (exact) mass is 489 g/mol. The van der Waals surface area contributed by atoms with E-state index in [0.717, 1.165) is 16.9 Å². The molecule has 0 fully saturated rings. The van der Waals surface area contributed by atoms with Crippen molar-refractivity contribution in [2.24, 2.45) is 5.10 Å². The third-order valence-corrected chi connectivity index (χ3v) is 8.24. The van der Waals surface area contributed by atoms with Gasteiger partial charge in [0.2, 0.25) is 5.91 Å². The third-order valence-electron chi connectivity index (χ3n) is 5.35. The molecule has 1 N–H and O–H groups in total. The number of hydrogen-bond acceptors (Lipinski definition) is 8. The van der Waals surface area contributed by atoms with Gasteiger partial charge >= 0.3 is 5.97 Å². The summed E-state index contributed by atoms with van der Waals surface area (Å²) >= 11 is 1.06. The average Bonchev–Trinajstić information content (AvgIpc) is 3.09. The second-order valence-corrected chi connectivity index (χ2v) is 11.1. The lowest BCUT2D eigenvalue weighted by Gasteiger charge is -2.23. The summed E-state index contributed by atoms with van der Waals surface area (Å²) in [5.74, 6) is -1.61. The molecule has 0 saturated heterocycles. The Labute approximate surface area is 195 Å². The number of aryl methyl sites for hydroxylation is 1. The van der Waals surface area contributed by atoms with Gasteiger partial charge in [0.15, 0.2) is 9.84 Å². The lowest BCUT2D eigenvalue weighted by atomic mass is 10.1. The molecular formula is C22H23N3O6S2. The number of amides is 2. The van der Waals surface area contributed by atoms with Crippen molar-refractivity contribution in [1.29, 1.82) is 0 Å². The van der Waals surface area contributed by atoms with E-state index in [-0.39, 0.29) is 59.6 Å². The molecule has 4 rings (SSSR count). The molecule has 0 atom stereocenters. The second kappa shape index (κ2) is 9.06. The number of rotatable bonds is 5. The van der Waals surface area contributed by atoms with Crippen molar-refractivity contribution in [1.82, 2.24) is 0 Å². The number of fused-ring (bicyclic) bond motifs is 1. The van der Waals surface area contributed by atoms with Gasteiger partial charge < -0.3 is 10.1 Å². The van der Waals surface area contributed by atoms with Crippen LogP contribution in [0.15, 0.2) is 29.4 Å². The molecule has 33 heavy (non-hydrogen) atoms. The topological polar surface area (TPSA) is 122 Å². The van der Waals surface area contributed by atoms with Crippen molar-refractivity contribution >= 4 is 55.4 Å². The predicted molar refractivity (Wildman–Crippen MR) is 125 cm³/mol. The van der Waals surface area contributed by atoms with E-state index in [9.17, 15) is 22.8 Å². The molecule has 2 aliphatic heterocycles. The van der Waals surface area contributed by atoms with Crippen LogP contribution in [0.5, 0.6) is 0 Å². The molecular weight excluding hydrogens is 466 g/mol. The average molecular weight is 490 g/mol. The molecule has 0 aliphatic carbocycles. The summed E-state index contributed by atoms with van der Waals surface area (Å²) in [6.45, 7) is 3.72. The molecule has 2 aromatic rings. The summed E-state index contributed by atoms with van der Waals surface area (Å²) in [5.41, 5.74) is 2.46. The highest BCUT2D eigenvalue weighted by molar-refractivity contribution is 7.90. The molecule has 0 spiro atoms. The molecule has 0 saturated carbocycles. The number of carbonyl (C=O) groups excluding carboxylic acids is 3. The lowest BCUT2D eigenvalue weighted by molar-refractivity contribution is -0.118. The quantitative estimate of drug-likeness (QED) is 0.645. The number of carbonyl (C=O) groups is 3. The molecule has 2 amide bonds. The van der Waals surface area contributed by atoms with Gasteiger partial charge in [-0.25, -0.2) is 18.2 Å². The van der Waals surface area contributed by atoms with Crippen molar-refractivity contribution in [3.8, 4) is 0 Å². The molecule has 2 aliphatic rings. The number of benzene rings is 1. The Kier molecular flexibility index (Phi) is 6.35. The van der Waals surface area contributed by atoms with Gasteiger partial charge in [0.25, 0.3) is 5.91 Å². The van der Waals surface area contributed by atoms with E-state index in [1.807, 2.05) is 13.0 Å². The Hall–Kier alpha value is -3.05. The van der Waals surface area contributed by atoms with Gasteiger partial charge in [-0.3, -0.25) is 9.59 Å². The van der Waals surface area contributed by atoms with Gasteiger partial charge in [0.05, 0.1) is 29.4 Å². The van der Waals surface area contributed by atoms with Crippen LogP contribution >= 0.6 is 11.3 Å². The zero-order valence-electron chi connectivity index (χ0n) is 18.2. The van der Waals surface area contributed by atoms with Crippen LogP contribution in [-0.2, 0) is 36.3 Å². The van der Waals surface area contributed by atoms with Crippen LogP contribution in [0.1, 0.15) is 46.1 Å². The van der Waals surface area contributed by atoms with Crippen molar-refractivity contribution in [3.63, 3.8) is 0 Å². The van der Waals surface area contributed by atoms with Crippen LogP contribution in [0.25, 0.3) is 0 Å². The summed E-state index contributed by atoms with van der Waals surface area (Å²) in [6, 6.07) is 7.24.